The molecule has 0 bridgehead atoms. The Morgan fingerprint density at radius 3 is 2.57 bits per heavy atom. The fourth-order valence-electron chi connectivity index (χ4n) is 2.86. The number of alkyl halides is 1. The van der Waals surface area contributed by atoms with Gasteiger partial charge >= 0.3 is 0 Å². The van der Waals surface area contributed by atoms with E-state index in [9.17, 15) is 4.79 Å². The zero-order valence-corrected chi connectivity index (χ0v) is 13.4. The second-order valence-electron chi connectivity index (χ2n) is 5.27. The van der Waals surface area contributed by atoms with Gasteiger partial charge in [0.05, 0.1) is 14.2 Å². The SMILES string of the molecule is COc1cccc(OC)c1C(=O)N1CCCC(CCCl)C1. The van der Waals surface area contributed by atoms with Crippen LogP contribution in [0.25, 0.3) is 0 Å². The number of nitrogens with zero attached hydrogens (tertiary/aromatic N) is 1. The summed E-state index contributed by atoms with van der Waals surface area (Å²) in [5.74, 6) is 2.21. The molecular formula is C16H22ClNO3. The lowest BCUT2D eigenvalue weighted by molar-refractivity contribution is 0.0664. The number of rotatable bonds is 5. The summed E-state index contributed by atoms with van der Waals surface area (Å²) < 4.78 is 10.7. The highest BCUT2D eigenvalue weighted by Gasteiger charge is 2.28. The molecule has 1 aromatic carbocycles. The normalized spacial score (nSPS) is 18.4. The Kier molecular flexibility index (Phi) is 5.74. The maximum Gasteiger partial charge on any atom is 0.261 e. The van der Waals surface area contributed by atoms with Crippen LogP contribution in [0.5, 0.6) is 11.5 Å². The number of ether oxygens (including phenoxy) is 2. The molecule has 0 saturated carbocycles. The van der Waals surface area contributed by atoms with E-state index < -0.39 is 0 Å². The van der Waals surface area contributed by atoms with E-state index in [4.69, 9.17) is 21.1 Å². The smallest absolute Gasteiger partial charge is 0.261 e. The third-order valence-electron chi connectivity index (χ3n) is 3.97. The van der Waals surface area contributed by atoms with Gasteiger partial charge in [-0.25, -0.2) is 0 Å². The molecule has 116 valence electrons. The summed E-state index contributed by atoms with van der Waals surface area (Å²) in [6.07, 6.45) is 3.11. The molecule has 0 N–H and O–H groups in total. The van der Waals surface area contributed by atoms with Gasteiger partial charge in [0.25, 0.3) is 5.91 Å². The van der Waals surface area contributed by atoms with Gasteiger partial charge in [-0.3, -0.25) is 4.79 Å². The minimum absolute atomic E-state index is 0.0245. The van der Waals surface area contributed by atoms with Crippen molar-refractivity contribution in [3.05, 3.63) is 23.8 Å². The van der Waals surface area contributed by atoms with E-state index in [1.165, 1.54) is 0 Å². The predicted molar refractivity (Wildman–Crippen MR) is 83.5 cm³/mol. The third kappa shape index (κ3) is 3.62. The first-order valence-corrected chi connectivity index (χ1v) is 7.81. The van der Waals surface area contributed by atoms with Crippen LogP contribution >= 0.6 is 11.6 Å². The molecule has 1 amide bonds. The Morgan fingerprint density at radius 2 is 2.00 bits per heavy atom. The molecular weight excluding hydrogens is 290 g/mol. The van der Waals surface area contributed by atoms with Crippen LogP contribution in [0, 0.1) is 5.92 Å². The first kappa shape index (κ1) is 16.0. The second-order valence-corrected chi connectivity index (χ2v) is 5.65. The lowest BCUT2D eigenvalue weighted by Crippen LogP contribution is -2.40. The molecule has 1 unspecified atom stereocenters. The number of hydrogen-bond acceptors (Lipinski definition) is 3. The van der Waals surface area contributed by atoms with E-state index in [1.54, 1.807) is 26.4 Å². The van der Waals surface area contributed by atoms with Crippen molar-refractivity contribution >= 4 is 17.5 Å². The minimum Gasteiger partial charge on any atom is -0.496 e. The van der Waals surface area contributed by atoms with E-state index in [1.807, 2.05) is 11.0 Å². The van der Waals surface area contributed by atoms with Crippen LogP contribution in [0.15, 0.2) is 18.2 Å². The number of likely N-dealkylation sites (tertiary alicyclic amines) is 1. The Bertz CT molecular complexity index is 468. The van der Waals surface area contributed by atoms with Crippen LogP contribution in [-0.4, -0.2) is 44.0 Å². The molecule has 4 nitrogen and oxygen atoms in total. The molecule has 5 heteroatoms. The summed E-state index contributed by atoms with van der Waals surface area (Å²) in [6.45, 7) is 1.53. The van der Waals surface area contributed by atoms with Crippen molar-refractivity contribution in [3.63, 3.8) is 0 Å². The highest BCUT2D eigenvalue weighted by atomic mass is 35.5. The maximum absolute atomic E-state index is 12.8. The summed E-state index contributed by atoms with van der Waals surface area (Å²) >= 11 is 5.83. The average molecular weight is 312 g/mol. The molecule has 1 aromatic rings. The highest BCUT2D eigenvalue weighted by molar-refractivity contribution is 6.17. The van der Waals surface area contributed by atoms with Crippen molar-refractivity contribution in [2.24, 2.45) is 5.92 Å². The van der Waals surface area contributed by atoms with Crippen molar-refractivity contribution in [1.29, 1.82) is 0 Å². The highest BCUT2D eigenvalue weighted by Crippen LogP contribution is 2.31. The van der Waals surface area contributed by atoms with Gasteiger partial charge in [0, 0.05) is 19.0 Å². The third-order valence-corrected chi connectivity index (χ3v) is 4.18. The molecule has 0 aliphatic carbocycles. The molecule has 0 spiro atoms. The molecule has 0 aromatic heterocycles. The van der Waals surface area contributed by atoms with Crippen LogP contribution in [0.1, 0.15) is 29.6 Å². The topological polar surface area (TPSA) is 38.8 Å². The molecule has 21 heavy (non-hydrogen) atoms. The quantitative estimate of drug-likeness (QED) is 0.784. The van der Waals surface area contributed by atoms with Gasteiger partial charge in [-0.1, -0.05) is 6.07 Å². The van der Waals surface area contributed by atoms with Gasteiger partial charge in [0.15, 0.2) is 0 Å². The van der Waals surface area contributed by atoms with Gasteiger partial charge in [0.1, 0.15) is 17.1 Å². The molecule has 1 aliphatic heterocycles. The molecule has 2 rings (SSSR count). The Morgan fingerprint density at radius 1 is 1.33 bits per heavy atom. The first-order chi connectivity index (χ1) is 10.2. The molecule has 0 radical (unpaired) electrons. The zero-order chi connectivity index (χ0) is 15.2. The standard InChI is InChI=1S/C16H22ClNO3/c1-20-13-6-3-7-14(21-2)15(13)16(19)18-10-4-5-12(11-18)8-9-17/h3,6-7,12H,4-5,8-11H2,1-2H3. The summed E-state index contributed by atoms with van der Waals surface area (Å²) in [5.41, 5.74) is 0.508. The Balaban J connectivity index is 2.23. The van der Waals surface area contributed by atoms with E-state index in [0.717, 1.165) is 32.4 Å². The van der Waals surface area contributed by atoms with Crippen molar-refractivity contribution in [2.45, 2.75) is 19.3 Å². The van der Waals surface area contributed by atoms with Crippen molar-refractivity contribution in [3.8, 4) is 11.5 Å². The maximum atomic E-state index is 12.8. The lowest BCUT2D eigenvalue weighted by atomic mass is 9.95. The number of amides is 1. The minimum atomic E-state index is -0.0245. The molecule has 1 heterocycles. The van der Waals surface area contributed by atoms with E-state index >= 15 is 0 Å². The van der Waals surface area contributed by atoms with Gasteiger partial charge < -0.3 is 14.4 Å². The van der Waals surface area contributed by atoms with Crippen molar-refractivity contribution < 1.29 is 14.3 Å². The van der Waals surface area contributed by atoms with Gasteiger partial charge in [0.2, 0.25) is 0 Å². The monoisotopic (exact) mass is 311 g/mol. The van der Waals surface area contributed by atoms with Crippen LogP contribution in [-0.2, 0) is 0 Å². The fourth-order valence-corrected chi connectivity index (χ4v) is 3.17. The number of halogens is 1. The predicted octanol–water partition coefficient (Wildman–Crippen LogP) is 3.18. The van der Waals surface area contributed by atoms with Crippen LogP contribution < -0.4 is 9.47 Å². The fraction of sp³-hybridized carbons (Fsp3) is 0.562. The summed E-state index contributed by atoms with van der Waals surface area (Å²) in [4.78, 5) is 14.7. The van der Waals surface area contributed by atoms with Crippen LogP contribution in [0.2, 0.25) is 0 Å². The van der Waals surface area contributed by atoms with Crippen molar-refractivity contribution in [1.82, 2.24) is 4.90 Å². The van der Waals surface area contributed by atoms with E-state index in [-0.39, 0.29) is 5.91 Å². The molecule has 1 atom stereocenters. The lowest BCUT2D eigenvalue weighted by Gasteiger charge is -2.33. The Hall–Kier alpha value is -1.42. The number of piperidine rings is 1. The van der Waals surface area contributed by atoms with Gasteiger partial charge in [-0.05, 0) is 37.3 Å². The van der Waals surface area contributed by atoms with Crippen LogP contribution in [0.4, 0.5) is 0 Å². The zero-order valence-electron chi connectivity index (χ0n) is 12.6. The van der Waals surface area contributed by atoms with Crippen LogP contribution in [0.3, 0.4) is 0 Å². The molecule has 1 aliphatic rings. The first-order valence-electron chi connectivity index (χ1n) is 7.27. The van der Waals surface area contributed by atoms with Gasteiger partial charge in [-0.2, -0.15) is 0 Å². The van der Waals surface area contributed by atoms with Crippen molar-refractivity contribution in [2.75, 3.05) is 33.2 Å². The second kappa shape index (κ2) is 7.55. The van der Waals surface area contributed by atoms with Gasteiger partial charge in [-0.15, -0.1) is 11.6 Å². The summed E-state index contributed by atoms with van der Waals surface area (Å²) in [6, 6.07) is 5.40. The number of carbonyl (C=O) groups is 1. The number of benzene rings is 1. The molecule has 1 fully saturated rings. The molecule has 1 saturated heterocycles. The number of carbonyl (C=O) groups excluding carboxylic acids is 1. The number of methoxy groups -OCH3 is 2. The summed E-state index contributed by atoms with van der Waals surface area (Å²) in [7, 11) is 3.14. The summed E-state index contributed by atoms with van der Waals surface area (Å²) in [5, 5.41) is 0. The average Bonchev–Trinajstić information content (AvgIpc) is 2.54. The largest absolute Gasteiger partial charge is 0.496 e. The number of hydrogen-bond donors (Lipinski definition) is 0. The van der Waals surface area contributed by atoms with E-state index in [0.29, 0.717) is 28.9 Å². The Labute approximate surface area is 131 Å². The van der Waals surface area contributed by atoms with E-state index in [2.05, 4.69) is 0 Å².